The van der Waals surface area contributed by atoms with Gasteiger partial charge in [0.15, 0.2) is 10.4 Å². The third-order valence-corrected chi connectivity index (χ3v) is 3.45. The van der Waals surface area contributed by atoms with Crippen LogP contribution in [0, 0.1) is 5.92 Å². The van der Waals surface area contributed by atoms with Gasteiger partial charge in [-0.25, -0.2) is 0 Å². The first-order valence-corrected chi connectivity index (χ1v) is 6.53. The fraction of sp³-hybridized carbons (Fsp3) is 0.500. The van der Waals surface area contributed by atoms with E-state index in [0.29, 0.717) is 17.8 Å². The predicted octanol–water partition coefficient (Wildman–Crippen LogP) is 2.07. The van der Waals surface area contributed by atoms with E-state index in [4.69, 9.17) is 9.15 Å². The summed E-state index contributed by atoms with van der Waals surface area (Å²) in [7, 11) is 1.37. The zero-order valence-electron chi connectivity index (χ0n) is 10.0. The van der Waals surface area contributed by atoms with Gasteiger partial charge in [-0.1, -0.05) is 0 Å². The van der Waals surface area contributed by atoms with E-state index in [1.54, 1.807) is 17.0 Å². The number of rotatable bonds is 2. The Kier molecular flexibility index (Phi) is 4.06. The average Bonchev–Trinajstić information content (AvgIpc) is 2.83. The molecule has 1 unspecified atom stereocenters. The van der Waals surface area contributed by atoms with E-state index < -0.39 is 0 Å². The summed E-state index contributed by atoms with van der Waals surface area (Å²) in [6.07, 6.45) is 1.56. The standard InChI is InChI=1S/C12H14BrNO4/c1-17-12(16)8-3-2-6-14(7-8)11(15)9-4-5-10(13)18-9/h4-5,8H,2-3,6-7H2,1H3. The number of hydrogen-bond acceptors (Lipinski definition) is 4. The highest BCUT2D eigenvalue weighted by Gasteiger charge is 2.30. The normalized spacial score (nSPS) is 19.7. The topological polar surface area (TPSA) is 59.8 Å². The molecule has 1 aromatic heterocycles. The number of furan rings is 1. The Morgan fingerprint density at radius 2 is 2.28 bits per heavy atom. The maximum Gasteiger partial charge on any atom is 0.310 e. The summed E-state index contributed by atoms with van der Waals surface area (Å²) in [5, 5.41) is 0. The summed E-state index contributed by atoms with van der Waals surface area (Å²) >= 11 is 3.16. The van der Waals surface area contributed by atoms with Crippen molar-refractivity contribution in [3.63, 3.8) is 0 Å². The van der Waals surface area contributed by atoms with Crippen LogP contribution in [0.2, 0.25) is 0 Å². The van der Waals surface area contributed by atoms with Crippen molar-refractivity contribution in [2.24, 2.45) is 5.92 Å². The summed E-state index contributed by atoms with van der Waals surface area (Å²) in [5.74, 6) is -0.388. The molecule has 1 aliphatic heterocycles. The molecule has 1 aromatic rings. The lowest BCUT2D eigenvalue weighted by Gasteiger charge is -2.30. The maximum absolute atomic E-state index is 12.1. The molecule has 0 bridgehead atoms. The molecular weight excluding hydrogens is 302 g/mol. The predicted molar refractivity (Wildman–Crippen MR) is 67.1 cm³/mol. The number of esters is 1. The summed E-state index contributed by atoms with van der Waals surface area (Å²) < 4.78 is 10.5. The molecule has 5 nitrogen and oxygen atoms in total. The van der Waals surface area contributed by atoms with Crippen LogP contribution in [-0.2, 0) is 9.53 Å². The van der Waals surface area contributed by atoms with Crippen molar-refractivity contribution in [2.45, 2.75) is 12.8 Å². The summed E-state index contributed by atoms with van der Waals surface area (Å²) in [6.45, 7) is 1.04. The number of piperidine rings is 1. The average molecular weight is 316 g/mol. The first kappa shape index (κ1) is 13.1. The Bertz CT molecular complexity index is 457. The third-order valence-electron chi connectivity index (χ3n) is 3.03. The minimum absolute atomic E-state index is 0.186. The van der Waals surface area contributed by atoms with E-state index in [1.165, 1.54) is 7.11 Å². The van der Waals surface area contributed by atoms with Crippen LogP contribution in [0.1, 0.15) is 23.4 Å². The minimum atomic E-state index is -0.256. The van der Waals surface area contributed by atoms with E-state index in [0.717, 1.165) is 12.8 Å². The van der Waals surface area contributed by atoms with Crippen LogP contribution in [0.3, 0.4) is 0 Å². The number of halogens is 1. The van der Waals surface area contributed by atoms with E-state index >= 15 is 0 Å². The van der Waals surface area contributed by atoms with Gasteiger partial charge in [-0.2, -0.15) is 0 Å². The Morgan fingerprint density at radius 3 is 2.89 bits per heavy atom. The lowest BCUT2D eigenvalue weighted by atomic mass is 9.98. The maximum atomic E-state index is 12.1. The number of carbonyl (C=O) groups is 2. The van der Waals surface area contributed by atoms with Crippen molar-refractivity contribution in [1.82, 2.24) is 4.90 Å². The molecule has 0 radical (unpaired) electrons. The molecular formula is C12H14BrNO4. The van der Waals surface area contributed by atoms with Crippen LogP contribution in [0.15, 0.2) is 21.2 Å². The van der Waals surface area contributed by atoms with Crippen molar-refractivity contribution in [3.8, 4) is 0 Å². The van der Waals surface area contributed by atoms with E-state index in [9.17, 15) is 9.59 Å². The number of nitrogens with zero attached hydrogens (tertiary/aromatic N) is 1. The second-order valence-electron chi connectivity index (χ2n) is 4.22. The molecule has 1 amide bonds. The zero-order chi connectivity index (χ0) is 13.1. The Balaban J connectivity index is 2.05. The first-order chi connectivity index (χ1) is 8.61. The molecule has 0 N–H and O–H groups in total. The zero-order valence-corrected chi connectivity index (χ0v) is 11.6. The van der Waals surface area contributed by atoms with Gasteiger partial charge in [-0.05, 0) is 40.9 Å². The SMILES string of the molecule is COC(=O)C1CCCN(C(=O)c2ccc(Br)o2)C1. The van der Waals surface area contributed by atoms with Crippen LogP contribution in [0.4, 0.5) is 0 Å². The van der Waals surface area contributed by atoms with Crippen LogP contribution < -0.4 is 0 Å². The van der Waals surface area contributed by atoms with Crippen LogP contribution >= 0.6 is 15.9 Å². The third kappa shape index (κ3) is 2.75. The molecule has 0 aliphatic carbocycles. The van der Waals surface area contributed by atoms with Crippen LogP contribution in [-0.4, -0.2) is 37.0 Å². The van der Waals surface area contributed by atoms with Gasteiger partial charge in [-0.15, -0.1) is 0 Å². The van der Waals surface area contributed by atoms with Crippen molar-refractivity contribution < 1.29 is 18.7 Å². The van der Waals surface area contributed by atoms with Gasteiger partial charge >= 0.3 is 5.97 Å². The van der Waals surface area contributed by atoms with Gasteiger partial charge in [0.1, 0.15) is 0 Å². The van der Waals surface area contributed by atoms with Crippen molar-refractivity contribution in [3.05, 3.63) is 22.6 Å². The summed E-state index contributed by atoms with van der Waals surface area (Å²) in [6, 6.07) is 3.29. The molecule has 0 aromatic carbocycles. The number of hydrogen-bond donors (Lipinski definition) is 0. The first-order valence-electron chi connectivity index (χ1n) is 5.74. The molecule has 1 atom stereocenters. The Labute approximate surface area is 113 Å². The summed E-state index contributed by atoms with van der Waals surface area (Å²) in [4.78, 5) is 25.2. The Morgan fingerprint density at radius 1 is 1.50 bits per heavy atom. The van der Waals surface area contributed by atoms with Crippen LogP contribution in [0.25, 0.3) is 0 Å². The van der Waals surface area contributed by atoms with Crippen molar-refractivity contribution >= 4 is 27.8 Å². The number of methoxy groups -OCH3 is 1. The fourth-order valence-corrected chi connectivity index (χ4v) is 2.41. The smallest absolute Gasteiger partial charge is 0.310 e. The number of likely N-dealkylation sites (tertiary alicyclic amines) is 1. The lowest BCUT2D eigenvalue weighted by molar-refractivity contribution is -0.146. The number of amides is 1. The minimum Gasteiger partial charge on any atom is -0.469 e. The molecule has 18 heavy (non-hydrogen) atoms. The largest absolute Gasteiger partial charge is 0.469 e. The fourth-order valence-electron chi connectivity index (χ4n) is 2.11. The second-order valence-corrected chi connectivity index (χ2v) is 5.00. The molecule has 0 spiro atoms. The number of carbonyl (C=O) groups excluding carboxylic acids is 2. The van der Waals surface area contributed by atoms with Crippen molar-refractivity contribution in [1.29, 1.82) is 0 Å². The van der Waals surface area contributed by atoms with Gasteiger partial charge in [0.2, 0.25) is 0 Å². The highest BCUT2D eigenvalue weighted by Crippen LogP contribution is 2.21. The molecule has 2 rings (SSSR count). The lowest BCUT2D eigenvalue weighted by Crippen LogP contribution is -2.42. The summed E-state index contributed by atoms with van der Waals surface area (Å²) in [5.41, 5.74) is 0. The van der Waals surface area contributed by atoms with E-state index in [-0.39, 0.29) is 23.6 Å². The molecule has 1 fully saturated rings. The highest BCUT2D eigenvalue weighted by atomic mass is 79.9. The van der Waals surface area contributed by atoms with Gasteiger partial charge < -0.3 is 14.1 Å². The molecule has 1 aliphatic rings. The van der Waals surface area contributed by atoms with Gasteiger partial charge in [0.05, 0.1) is 13.0 Å². The van der Waals surface area contributed by atoms with Gasteiger partial charge in [0, 0.05) is 13.1 Å². The van der Waals surface area contributed by atoms with E-state index in [1.807, 2.05) is 0 Å². The molecule has 1 saturated heterocycles. The molecule has 98 valence electrons. The van der Waals surface area contributed by atoms with Crippen molar-refractivity contribution in [2.75, 3.05) is 20.2 Å². The van der Waals surface area contributed by atoms with E-state index in [2.05, 4.69) is 15.9 Å². The number of ether oxygens (including phenoxy) is 1. The van der Waals surface area contributed by atoms with Gasteiger partial charge in [-0.3, -0.25) is 9.59 Å². The molecule has 2 heterocycles. The highest BCUT2D eigenvalue weighted by molar-refractivity contribution is 9.10. The quantitative estimate of drug-likeness (QED) is 0.784. The van der Waals surface area contributed by atoms with Gasteiger partial charge in [0.25, 0.3) is 5.91 Å². The molecule has 6 heteroatoms. The monoisotopic (exact) mass is 315 g/mol. The second kappa shape index (κ2) is 5.56. The Hall–Kier alpha value is -1.30. The molecule has 0 saturated carbocycles. The van der Waals surface area contributed by atoms with Crippen LogP contribution in [0.5, 0.6) is 0 Å².